The molecule has 0 saturated carbocycles. The van der Waals surface area contributed by atoms with E-state index in [0.29, 0.717) is 4.90 Å². The Labute approximate surface area is 272 Å². The van der Waals surface area contributed by atoms with Gasteiger partial charge in [-0.15, -0.1) is 0 Å². The molecule has 1 aliphatic rings. The maximum atomic E-state index is 13.7. The number of hydrogen-bond donors (Lipinski definition) is 1. The first-order chi connectivity index (χ1) is 21.4. The molecule has 8 nitrogen and oxygen atoms in total. The number of ether oxygens (including phenoxy) is 1. The number of unbranched alkanes of at least 4 members (excludes halogenated alkanes) is 11. The summed E-state index contributed by atoms with van der Waals surface area (Å²) in [6, 6.07) is 12.1. The largest absolute Gasteiger partial charge is 0.462 e. The van der Waals surface area contributed by atoms with Crippen LogP contribution in [0.1, 0.15) is 136 Å². The fourth-order valence-electron chi connectivity index (χ4n) is 5.40. The van der Waals surface area contributed by atoms with E-state index in [1.54, 1.807) is 45.0 Å². The quantitative estimate of drug-likeness (QED) is 0.0439. The lowest BCUT2D eigenvalue weighted by molar-refractivity contribution is -0.139. The van der Waals surface area contributed by atoms with Crippen LogP contribution in [0.5, 0.6) is 0 Å². The number of alkyl halides is 1. The molecule has 0 aromatic heterocycles. The average molecular weight is 639 g/mol. The average Bonchev–Trinajstić information content (AvgIpc) is 3.27. The number of nitrogens with zero attached hydrogens (tertiary/aromatic N) is 1. The van der Waals surface area contributed by atoms with Crippen LogP contribution in [0.4, 0.5) is 5.69 Å². The van der Waals surface area contributed by atoms with Crippen molar-refractivity contribution in [2.45, 2.75) is 110 Å². The minimum Gasteiger partial charge on any atom is -0.462 e. The van der Waals surface area contributed by atoms with E-state index in [9.17, 15) is 24.0 Å². The van der Waals surface area contributed by atoms with Gasteiger partial charge in [-0.25, -0.2) is 9.69 Å². The molecule has 0 bridgehead atoms. The van der Waals surface area contributed by atoms with Crippen LogP contribution < -0.4 is 5.32 Å². The van der Waals surface area contributed by atoms with Crippen LogP contribution in [0.25, 0.3) is 0 Å². The van der Waals surface area contributed by atoms with Gasteiger partial charge in [-0.3, -0.25) is 19.2 Å². The van der Waals surface area contributed by atoms with Gasteiger partial charge in [0, 0.05) is 11.1 Å². The van der Waals surface area contributed by atoms with Crippen LogP contribution in [0.15, 0.2) is 48.5 Å². The highest BCUT2D eigenvalue weighted by Crippen LogP contribution is 2.38. The zero-order valence-electron chi connectivity index (χ0n) is 27.1. The van der Waals surface area contributed by atoms with E-state index in [0.717, 1.165) is 19.3 Å². The molecule has 0 spiro atoms. The normalized spacial score (nSPS) is 14.2. The molecule has 2 aromatic rings. The Balaban J connectivity index is 1.55. The Hall–Kier alpha value is -3.52. The summed E-state index contributed by atoms with van der Waals surface area (Å²) < 4.78 is 5.45. The number of halogens is 1. The molecule has 0 radical (unpaired) electrons. The Morgan fingerprint density at radius 3 is 1.78 bits per heavy atom. The van der Waals surface area contributed by atoms with Gasteiger partial charge in [0.1, 0.15) is 0 Å². The van der Waals surface area contributed by atoms with Crippen LogP contribution in [0.2, 0.25) is 0 Å². The topological polar surface area (TPSA) is 110 Å². The number of fused-ring (bicyclic) bond motifs is 1. The second kappa shape index (κ2) is 16.7. The van der Waals surface area contributed by atoms with Crippen LogP contribution >= 0.6 is 11.6 Å². The molecule has 3 amide bonds. The minimum absolute atomic E-state index is 0.0555. The van der Waals surface area contributed by atoms with Crippen LogP contribution in [0, 0.1) is 5.41 Å². The number of anilines is 1. The summed E-state index contributed by atoms with van der Waals surface area (Å²) in [5.41, 5.74) is -0.716. The molecule has 45 heavy (non-hydrogen) atoms. The number of hydrogen-bond acceptors (Lipinski definition) is 6. The van der Waals surface area contributed by atoms with Crippen molar-refractivity contribution in [3.8, 4) is 0 Å². The molecule has 2 aromatic carbocycles. The highest BCUT2D eigenvalue weighted by atomic mass is 35.5. The number of imide groups is 1. The first kappa shape index (κ1) is 36.0. The maximum Gasteiger partial charge on any atom is 0.338 e. The van der Waals surface area contributed by atoms with E-state index in [1.165, 1.54) is 82.1 Å². The van der Waals surface area contributed by atoms with Crippen molar-refractivity contribution in [1.29, 1.82) is 0 Å². The Morgan fingerprint density at radius 2 is 1.27 bits per heavy atom. The number of benzene rings is 2. The zero-order chi connectivity index (χ0) is 33.0. The Bertz CT molecular complexity index is 1330. The summed E-state index contributed by atoms with van der Waals surface area (Å²) >= 11 is 6.76. The third-order valence-electron chi connectivity index (χ3n) is 7.97. The van der Waals surface area contributed by atoms with Crippen LogP contribution in [0.3, 0.4) is 0 Å². The second-order valence-electron chi connectivity index (χ2n) is 12.8. The molecule has 0 fully saturated rings. The third kappa shape index (κ3) is 9.25. The van der Waals surface area contributed by atoms with E-state index < -0.39 is 39.9 Å². The second-order valence-corrected chi connectivity index (χ2v) is 13.3. The molecule has 1 N–H and O–H groups in total. The number of nitrogens with one attached hydrogen (secondary N) is 1. The number of Topliss-reactive ketones (excluding diaryl/α,β-unsaturated/α-hetero) is 1. The van der Waals surface area contributed by atoms with Crippen LogP contribution in [-0.2, 0) is 14.3 Å². The minimum atomic E-state index is -2.67. The fraction of sp³-hybridized carbons (Fsp3) is 0.528. The summed E-state index contributed by atoms with van der Waals surface area (Å²) in [6.07, 6.45) is 14.5. The molecular formula is C36H47ClN2O6. The number of esters is 1. The molecule has 1 aliphatic heterocycles. The van der Waals surface area contributed by atoms with Crippen molar-refractivity contribution < 1.29 is 28.7 Å². The molecule has 1 unspecified atom stereocenters. The highest BCUT2D eigenvalue weighted by Gasteiger charge is 2.59. The number of carbonyl (C=O) groups is 5. The summed E-state index contributed by atoms with van der Waals surface area (Å²) in [5, 5.41) is 2.55. The number of rotatable bonds is 18. The van der Waals surface area contributed by atoms with Gasteiger partial charge in [0.25, 0.3) is 22.7 Å². The molecule has 0 aliphatic carbocycles. The number of amides is 3. The lowest BCUT2D eigenvalue weighted by Crippen LogP contribution is -2.62. The first-order valence-corrected chi connectivity index (χ1v) is 16.6. The van der Waals surface area contributed by atoms with Gasteiger partial charge in [-0.2, -0.15) is 0 Å². The van der Waals surface area contributed by atoms with Gasteiger partial charge in [-0.05, 0) is 36.8 Å². The van der Waals surface area contributed by atoms with Crippen LogP contribution in [-0.4, -0.2) is 46.0 Å². The molecule has 0 saturated heterocycles. The van der Waals surface area contributed by atoms with Gasteiger partial charge < -0.3 is 10.1 Å². The summed E-state index contributed by atoms with van der Waals surface area (Å²) in [4.78, 5) is 64.5. The van der Waals surface area contributed by atoms with E-state index in [4.69, 9.17) is 16.3 Å². The molecule has 9 heteroatoms. The number of ketones is 1. The third-order valence-corrected chi connectivity index (χ3v) is 8.48. The monoisotopic (exact) mass is 638 g/mol. The lowest BCUT2D eigenvalue weighted by Gasteiger charge is -2.36. The Kier molecular flexibility index (Phi) is 13.3. The highest BCUT2D eigenvalue weighted by molar-refractivity contribution is 6.51. The van der Waals surface area contributed by atoms with Crippen molar-refractivity contribution in [2.75, 3.05) is 11.9 Å². The lowest BCUT2D eigenvalue weighted by atomic mass is 9.85. The molecular weight excluding hydrogens is 592 g/mol. The fourth-order valence-corrected chi connectivity index (χ4v) is 5.89. The van der Waals surface area contributed by atoms with E-state index >= 15 is 0 Å². The number of carbonyl (C=O) groups excluding carboxylic acids is 5. The van der Waals surface area contributed by atoms with Gasteiger partial charge >= 0.3 is 5.97 Å². The predicted octanol–water partition coefficient (Wildman–Crippen LogP) is 8.33. The summed E-state index contributed by atoms with van der Waals surface area (Å²) in [6.45, 7) is 7.16. The standard InChI is InChI=1S/C36H47ClN2O6/c1-5-6-7-8-9-10-11-12-13-14-15-18-24-45-32(42)26-20-19-21-27(25-26)38-34(44)36(37,33(43)35(2,3)4)39-30(40)28-22-16-17-23-29(28)31(39)41/h16-17,19-23,25H,5-15,18,24H2,1-4H3,(H,38,44). The van der Waals surface area contributed by atoms with Crippen molar-refractivity contribution in [3.05, 3.63) is 65.2 Å². The van der Waals surface area contributed by atoms with Gasteiger partial charge in [-0.1, -0.05) is 128 Å². The smallest absolute Gasteiger partial charge is 0.338 e. The van der Waals surface area contributed by atoms with Gasteiger partial charge in [0.15, 0.2) is 5.78 Å². The molecule has 3 rings (SSSR count). The van der Waals surface area contributed by atoms with Crippen molar-refractivity contribution >= 4 is 46.8 Å². The van der Waals surface area contributed by atoms with E-state index in [1.807, 2.05) is 0 Å². The van der Waals surface area contributed by atoms with E-state index in [-0.39, 0.29) is 29.0 Å². The van der Waals surface area contributed by atoms with Crippen molar-refractivity contribution in [3.63, 3.8) is 0 Å². The van der Waals surface area contributed by atoms with Gasteiger partial charge in [0.05, 0.1) is 23.3 Å². The summed E-state index contributed by atoms with van der Waals surface area (Å²) in [7, 11) is 0. The molecule has 244 valence electrons. The van der Waals surface area contributed by atoms with E-state index in [2.05, 4.69) is 12.2 Å². The maximum absolute atomic E-state index is 13.7. The van der Waals surface area contributed by atoms with Crippen molar-refractivity contribution in [2.24, 2.45) is 5.41 Å². The Morgan fingerprint density at radius 1 is 0.756 bits per heavy atom. The van der Waals surface area contributed by atoms with Crippen molar-refractivity contribution in [1.82, 2.24) is 4.90 Å². The summed E-state index contributed by atoms with van der Waals surface area (Å²) in [5.74, 6) is -4.14. The first-order valence-electron chi connectivity index (χ1n) is 16.2. The van der Waals surface area contributed by atoms with Gasteiger partial charge in [0.2, 0.25) is 0 Å². The zero-order valence-corrected chi connectivity index (χ0v) is 27.8. The predicted molar refractivity (Wildman–Crippen MR) is 176 cm³/mol. The SMILES string of the molecule is CCCCCCCCCCCCCCOC(=O)c1cccc(NC(=O)C(Cl)(C(=O)C(C)(C)C)N2C(=O)c3ccccc3C2=O)c1. The molecule has 1 heterocycles. The molecule has 1 atom stereocenters.